The molecule has 0 atom stereocenters. The van der Waals surface area contributed by atoms with E-state index in [-0.39, 0.29) is 5.78 Å². The van der Waals surface area contributed by atoms with Gasteiger partial charge in [-0.15, -0.1) is 0 Å². The van der Waals surface area contributed by atoms with Crippen LogP contribution in [0.1, 0.15) is 37.2 Å². The lowest BCUT2D eigenvalue weighted by atomic mass is 10.1. The number of hydrogen-bond acceptors (Lipinski definition) is 2. The largest absolute Gasteiger partial charge is 0.310 e. The zero-order valence-electron chi connectivity index (χ0n) is 14.6. The second-order valence-corrected chi connectivity index (χ2v) is 6.23. The minimum absolute atomic E-state index is 0.116. The molecule has 0 spiro atoms. The lowest BCUT2D eigenvalue weighted by molar-refractivity contribution is 0.0983. The fourth-order valence-electron chi connectivity index (χ4n) is 3.47. The van der Waals surface area contributed by atoms with E-state index in [0.717, 1.165) is 41.0 Å². The van der Waals surface area contributed by atoms with Gasteiger partial charge in [0.25, 0.3) is 0 Å². The maximum absolute atomic E-state index is 12.8. The molecule has 0 saturated heterocycles. The molecule has 4 rings (SSSR count). The molecule has 25 heavy (non-hydrogen) atoms. The van der Waals surface area contributed by atoms with E-state index in [2.05, 4.69) is 23.6 Å². The number of benzene rings is 2. The predicted molar refractivity (Wildman–Crippen MR) is 101 cm³/mol. The number of fused-ring (bicyclic) bond motifs is 3. The van der Waals surface area contributed by atoms with Crippen molar-refractivity contribution >= 4 is 22.6 Å². The van der Waals surface area contributed by atoms with Crippen LogP contribution in [-0.2, 0) is 6.54 Å². The average molecular weight is 331 g/mol. The predicted octanol–water partition coefficient (Wildman–Crippen LogP) is 4.96. The fourth-order valence-corrected chi connectivity index (χ4v) is 3.47. The summed E-state index contributed by atoms with van der Waals surface area (Å²) >= 11 is 0. The highest BCUT2D eigenvalue weighted by molar-refractivity contribution is 6.03. The molecule has 0 aliphatic carbocycles. The molecule has 0 amide bonds. The van der Waals surface area contributed by atoms with E-state index in [1.165, 1.54) is 0 Å². The van der Waals surface area contributed by atoms with Gasteiger partial charge in [0, 0.05) is 18.5 Å². The van der Waals surface area contributed by atoms with Crippen LogP contribution < -0.4 is 0 Å². The summed E-state index contributed by atoms with van der Waals surface area (Å²) in [5.41, 5.74) is 4.61. The number of carbonyl (C=O) groups excluding carboxylic acids is 1. The number of aromatic nitrogens is 3. The average Bonchev–Trinajstić information content (AvgIpc) is 3.18. The van der Waals surface area contributed by atoms with Crippen molar-refractivity contribution in [3.8, 4) is 11.3 Å². The molecule has 4 nitrogen and oxygen atoms in total. The van der Waals surface area contributed by atoms with Crippen LogP contribution in [-0.4, -0.2) is 19.7 Å². The molecule has 0 bridgehead atoms. The third-order valence-electron chi connectivity index (χ3n) is 4.59. The summed E-state index contributed by atoms with van der Waals surface area (Å²) in [5.74, 6) is 0.962. The zero-order valence-corrected chi connectivity index (χ0v) is 14.6. The highest BCUT2D eigenvalue weighted by Crippen LogP contribution is 2.30. The Morgan fingerprint density at radius 3 is 2.32 bits per heavy atom. The summed E-state index contributed by atoms with van der Waals surface area (Å²) in [5, 5.41) is 0. The summed E-state index contributed by atoms with van der Waals surface area (Å²) in [6.45, 7) is 4.94. The normalized spacial score (nSPS) is 11.4. The quantitative estimate of drug-likeness (QED) is 0.485. The molecule has 2 heterocycles. The van der Waals surface area contributed by atoms with Gasteiger partial charge in [0.05, 0.1) is 11.0 Å². The van der Waals surface area contributed by atoms with E-state index in [1.54, 1.807) is 0 Å². The van der Waals surface area contributed by atoms with E-state index >= 15 is 0 Å². The molecule has 0 aliphatic rings. The third kappa shape index (κ3) is 2.37. The van der Waals surface area contributed by atoms with Crippen molar-refractivity contribution in [2.45, 2.75) is 33.2 Å². The van der Waals surface area contributed by atoms with Gasteiger partial charge >= 0.3 is 0 Å². The number of ketones is 1. The molecule has 0 N–H and O–H groups in total. The first kappa shape index (κ1) is 15.6. The van der Waals surface area contributed by atoms with Crippen molar-refractivity contribution in [1.82, 2.24) is 14.0 Å². The highest BCUT2D eigenvalue weighted by Gasteiger charge is 2.24. The van der Waals surface area contributed by atoms with Crippen molar-refractivity contribution in [3.05, 3.63) is 60.3 Å². The van der Waals surface area contributed by atoms with Gasteiger partial charge in [-0.05, 0) is 18.6 Å². The molecule has 4 heteroatoms. The summed E-state index contributed by atoms with van der Waals surface area (Å²) in [6, 6.07) is 18.2. The van der Waals surface area contributed by atoms with Crippen molar-refractivity contribution in [1.29, 1.82) is 0 Å². The molecular formula is C21H21N3O. The van der Waals surface area contributed by atoms with Crippen LogP contribution in [0, 0.1) is 0 Å². The molecule has 0 aliphatic heterocycles. The molecule has 2 aromatic carbocycles. The SMILES string of the molecule is CCCn1c2ccccc2n2c(C(=O)CC)c(-c3ccccc3)nc12. The second-order valence-electron chi connectivity index (χ2n) is 6.23. The number of aryl methyl sites for hydroxylation is 1. The molecule has 0 saturated carbocycles. The van der Waals surface area contributed by atoms with E-state index in [1.807, 2.05) is 53.8 Å². The Morgan fingerprint density at radius 1 is 0.960 bits per heavy atom. The Bertz CT molecular complexity index is 1060. The van der Waals surface area contributed by atoms with Gasteiger partial charge in [-0.25, -0.2) is 4.98 Å². The van der Waals surface area contributed by atoms with Crippen molar-refractivity contribution in [2.75, 3.05) is 0 Å². The van der Waals surface area contributed by atoms with Crippen LogP contribution >= 0.6 is 0 Å². The standard InChI is InChI=1S/C21H21N3O/c1-3-14-23-16-12-8-9-13-17(16)24-20(18(25)4-2)19(22-21(23)24)15-10-6-5-7-11-15/h5-13H,3-4,14H2,1-2H3. The van der Waals surface area contributed by atoms with Crippen molar-refractivity contribution in [3.63, 3.8) is 0 Å². The lowest BCUT2D eigenvalue weighted by Gasteiger charge is -2.04. The number of para-hydroxylation sites is 2. The minimum Gasteiger partial charge on any atom is -0.310 e. The van der Waals surface area contributed by atoms with Crippen LogP contribution in [0.3, 0.4) is 0 Å². The summed E-state index contributed by atoms with van der Waals surface area (Å²) < 4.78 is 4.26. The lowest BCUT2D eigenvalue weighted by Crippen LogP contribution is -2.03. The van der Waals surface area contributed by atoms with Crippen LogP contribution in [0.25, 0.3) is 28.1 Å². The molecular weight excluding hydrogens is 310 g/mol. The second kappa shape index (κ2) is 6.20. The first-order valence-electron chi connectivity index (χ1n) is 8.84. The smallest absolute Gasteiger partial charge is 0.216 e. The third-order valence-corrected chi connectivity index (χ3v) is 4.59. The van der Waals surface area contributed by atoms with Gasteiger partial charge in [-0.1, -0.05) is 56.3 Å². The molecule has 4 aromatic rings. The Morgan fingerprint density at radius 2 is 1.64 bits per heavy atom. The number of nitrogens with zero attached hydrogens (tertiary/aromatic N) is 3. The van der Waals surface area contributed by atoms with E-state index in [4.69, 9.17) is 4.98 Å². The molecule has 126 valence electrons. The molecule has 0 radical (unpaired) electrons. The van der Waals surface area contributed by atoms with Crippen LogP contribution in [0.2, 0.25) is 0 Å². The number of carbonyl (C=O) groups is 1. The maximum Gasteiger partial charge on any atom is 0.216 e. The van der Waals surface area contributed by atoms with E-state index < -0.39 is 0 Å². The minimum atomic E-state index is 0.116. The Hall–Kier alpha value is -2.88. The van der Waals surface area contributed by atoms with E-state index in [0.29, 0.717) is 12.1 Å². The summed E-state index contributed by atoms with van der Waals surface area (Å²) in [4.78, 5) is 17.7. The summed E-state index contributed by atoms with van der Waals surface area (Å²) in [7, 11) is 0. The van der Waals surface area contributed by atoms with Crippen LogP contribution in [0.4, 0.5) is 0 Å². The van der Waals surface area contributed by atoms with Crippen molar-refractivity contribution < 1.29 is 4.79 Å². The van der Waals surface area contributed by atoms with Gasteiger partial charge in [-0.2, -0.15) is 0 Å². The van der Waals surface area contributed by atoms with Crippen LogP contribution in [0.5, 0.6) is 0 Å². The topological polar surface area (TPSA) is 39.3 Å². The highest BCUT2D eigenvalue weighted by atomic mass is 16.1. The number of hydrogen-bond donors (Lipinski definition) is 0. The Kier molecular flexibility index (Phi) is 3.88. The molecule has 2 aromatic heterocycles. The molecule has 0 unspecified atom stereocenters. The van der Waals surface area contributed by atoms with Gasteiger partial charge in [0.15, 0.2) is 5.78 Å². The Balaban J connectivity index is 2.14. The summed E-state index contributed by atoms with van der Waals surface area (Å²) in [6.07, 6.45) is 1.47. The first-order chi connectivity index (χ1) is 12.3. The monoisotopic (exact) mass is 331 g/mol. The number of imidazole rings is 2. The maximum atomic E-state index is 12.8. The zero-order chi connectivity index (χ0) is 17.4. The number of Topliss-reactive ketones (excluding diaryl/α,β-unsaturated/α-hetero) is 1. The van der Waals surface area contributed by atoms with Gasteiger partial charge in [0.2, 0.25) is 5.78 Å². The molecule has 0 fully saturated rings. The van der Waals surface area contributed by atoms with E-state index in [9.17, 15) is 4.79 Å². The van der Waals surface area contributed by atoms with Crippen LogP contribution in [0.15, 0.2) is 54.6 Å². The Labute approximate surface area is 146 Å². The van der Waals surface area contributed by atoms with Gasteiger partial charge in [0.1, 0.15) is 11.4 Å². The van der Waals surface area contributed by atoms with Crippen molar-refractivity contribution in [2.24, 2.45) is 0 Å². The van der Waals surface area contributed by atoms with Gasteiger partial charge in [-0.3, -0.25) is 9.20 Å². The first-order valence-corrected chi connectivity index (χ1v) is 8.84. The van der Waals surface area contributed by atoms with Gasteiger partial charge < -0.3 is 4.57 Å². The number of rotatable bonds is 5. The fraction of sp³-hybridized carbons (Fsp3) is 0.238.